The van der Waals surface area contributed by atoms with Crippen LogP contribution in [0.4, 0.5) is 9.93 Å². The Hall–Kier alpha value is -3.20. The van der Waals surface area contributed by atoms with E-state index in [2.05, 4.69) is 10.3 Å². The van der Waals surface area contributed by atoms with E-state index < -0.39 is 11.7 Å². The van der Waals surface area contributed by atoms with Crippen molar-refractivity contribution in [1.29, 1.82) is 0 Å². The summed E-state index contributed by atoms with van der Waals surface area (Å²) < 4.78 is 12.0. The number of pyridine rings is 1. The third kappa shape index (κ3) is 7.16. The molecule has 0 spiro atoms. The number of anilines is 1. The van der Waals surface area contributed by atoms with Crippen LogP contribution < -0.4 is 15.0 Å². The van der Waals surface area contributed by atoms with E-state index in [9.17, 15) is 9.59 Å². The summed E-state index contributed by atoms with van der Waals surface area (Å²) in [4.78, 5) is 36.2. The van der Waals surface area contributed by atoms with E-state index in [1.54, 1.807) is 12.4 Å². The second-order valence-corrected chi connectivity index (χ2v) is 11.0. The number of thiazole rings is 1. The Labute approximate surface area is 216 Å². The monoisotopic (exact) mass is 510 g/mol. The summed E-state index contributed by atoms with van der Waals surface area (Å²) in [5, 5.41) is 3.38. The van der Waals surface area contributed by atoms with Gasteiger partial charge in [-0.25, -0.2) is 9.78 Å². The van der Waals surface area contributed by atoms with E-state index in [4.69, 9.17) is 14.5 Å². The van der Waals surface area contributed by atoms with Gasteiger partial charge in [0, 0.05) is 18.3 Å². The van der Waals surface area contributed by atoms with Gasteiger partial charge in [-0.15, -0.1) is 0 Å². The van der Waals surface area contributed by atoms with E-state index in [0.29, 0.717) is 30.6 Å². The van der Waals surface area contributed by atoms with E-state index >= 15 is 0 Å². The van der Waals surface area contributed by atoms with E-state index in [1.165, 1.54) is 17.8 Å². The fraction of sp³-hybridized carbons (Fsp3) is 0.481. The zero-order chi connectivity index (χ0) is 25.5. The Kier molecular flexibility index (Phi) is 8.40. The standard InChI is InChI=1S/C27H34N4O4S/c1-27(2,3)35-26(33)29-14-15-34-21-11-12-22-23(16-21)36-25(30-22)31(18-19-8-7-13-28-17-19)24(32)20-9-5-4-6-10-20/h7-8,11-13,16-17,20H,4-6,9-10,14-15,18H2,1-3H3,(H,29,33). The third-order valence-corrected chi connectivity index (χ3v) is 6.94. The number of carbonyl (C=O) groups excluding carboxylic acids is 2. The topological polar surface area (TPSA) is 93.7 Å². The number of hydrogen-bond acceptors (Lipinski definition) is 7. The van der Waals surface area contributed by atoms with Gasteiger partial charge in [-0.05, 0) is 63.4 Å². The maximum absolute atomic E-state index is 13.6. The van der Waals surface area contributed by atoms with Crippen molar-refractivity contribution in [2.75, 3.05) is 18.1 Å². The molecule has 1 aliphatic carbocycles. The number of carbonyl (C=O) groups is 2. The number of nitrogens with one attached hydrogen (secondary N) is 1. The van der Waals surface area contributed by atoms with E-state index in [1.807, 2.05) is 56.0 Å². The number of hydrogen-bond donors (Lipinski definition) is 1. The number of aromatic nitrogens is 2. The molecular formula is C27H34N4O4S. The van der Waals surface area contributed by atoms with Crippen LogP contribution >= 0.6 is 11.3 Å². The van der Waals surface area contributed by atoms with Gasteiger partial charge in [-0.1, -0.05) is 36.7 Å². The first-order valence-electron chi connectivity index (χ1n) is 12.5. The molecule has 0 bridgehead atoms. The lowest BCUT2D eigenvalue weighted by Crippen LogP contribution is -2.36. The minimum atomic E-state index is -0.539. The smallest absolute Gasteiger partial charge is 0.407 e. The Morgan fingerprint density at radius 1 is 1.17 bits per heavy atom. The molecule has 192 valence electrons. The lowest BCUT2D eigenvalue weighted by atomic mass is 9.88. The van der Waals surface area contributed by atoms with Crippen LogP contribution in [0.1, 0.15) is 58.4 Å². The van der Waals surface area contributed by atoms with Crippen LogP contribution in [0.3, 0.4) is 0 Å². The highest BCUT2D eigenvalue weighted by atomic mass is 32.1. The molecular weight excluding hydrogens is 476 g/mol. The quantitative estimate of drug-likeness (QED) is 0.390. The molecule has 0 aliphatic heterocycles. The Balaban J connectivity index is 1.45. The summed E-state index contributed by atoms with van der Waals surface area (Å²) in [6, 6.07) is 9.56. The first-order chi connectivity index (χ1) is 17.3. The molecule has 2 heterocycles. The SMILES string of the molecule is CC(C)(C)OC(=O)NCCOc1ccc2nc(N(Cc3cccnc3)C(=O)C3CCCCC3)sc2c1. The number of alkyl carbamates (subject to hydrolysis) is 1. The molecule has 4 rings (SSSR count). The minimum absolute atomic E-state index is 0.0406. The molecule has 0 saturated heterocycles. The average Bonchev–Trinajstić information content (AvgIpc) is 3.28. The molecule has 1 fully saturated rings. The lowest BCUT2D eigenvalue weighted by Gasteiger charge is -2.27. The maximum Gasteiger partial charge on any atom is 0.407 e. The largest absolute Gasteiger partial charge is 0.492 e. The Morgan fingerprint density at radius 2 is 1.97 bits per heavy atom. The molecule has 1 aromatic carbocycles. The highest BCUT2D eigenvalue weighted by molar-refractivity contribution is 7.22. The van der Waals surface area contributed by atoms with Gasteiger partial charge >= 0.3 is 6.09 Å². The molecule has 36 heavy (non-hydrogen) atoms. The number of rotatable bonds is 8. The van der Waals surface area contributed by atoms with Gasteiger partial charge in [-0.2, -0.15) is 0 Å². The van der Waals surface area contributed by atoms with Gasteiger partial charge in [0.25, 0.3) is 0 Å². The summed E-state index contributed by atoms with van der Waals surface area (Å²) in [6.07, 6.45) is 8.32. The Morgan fingerprint density at radius 3 is 2.69 bits per heavy atom. The van der Waals surface area contributed by atoms with Crippen LogP contribution in [0.2, 0.25) is 0 Å². The van der Waals surface area contributed by atoms with Crippen molar-refractivity contribution in [3.8, 4) is 5.75 Å². The zero-order valence-corrected chi connectivity index (χ0v) is 22.0. The number of ether oxygens (including phenoxy) is 2. The maximum atomic E-state index is 13.6. The second kappa shape index (κ2) is 11.7. The van der Waals surface area contributed by atoms with Crippen LogP contribution in [0.15, 0.2) is 42.7 Å². The zero-order valence-electron chi connectivity index (χ0n) is 21.2. The van der Waals surface area contributed by atoms with Gasteiger partial charge in [0.2, 0.25) is 5.91 Å². The molecule has 3 aromatic rings. The van der Waals surface area contributed by atoms with Crippen molar-refractivity contribution in [2.24, 2.45) is 5.92 Å². The number of fused-ring (bicyclic) bond motifs is 1. The fourth-order valence-corrected chi connectivity index (χ4v) is 5.22. The third-order valence-electron chi connectivity index (χ3n) is 5.90. The molecule has 2 amide bonds. The molecule has 0 unspecified atom stereocenters. The van der Waals surface area contributed by atoms with Gasteiger partial charge in [0.05, 0.1) is 23.3 Å². The molecule has 8 nitrogen and oxygen atoms in total. The van der Waals surface area contributed by atoms with Crippen LogP contribution in [0.25, 0.3) is 10.2 Å². The van der Waals surface area contributed by atoms with Gasteiger partial charge in [0.1, 0.15) is 18.0 Å². The fourth-order valence-electron chi connectivity index (χ4n) is 4.22. The lowest BCUT2D eigenvalue weighted by molar-refractivity contribution is -0.123. The molecule has 0 atom stereocenters. The predicted molar refractivity (Wildman–Crippen MR) is 141 cm³/mol. The summed E-state index contributed by atoms with van der Waals surface area (Å²) in [6.45, 7) is 6.55. The predicted octanol–water partition coefficient (Wildman–Crippen LogP) is 5.71. The number of benzene rings is 1. The summed E-state index contributed by atoms with van der Waals surface area (Å²) in [5.74, 6) is 0.863. The van der Waals surface area contributed by atoms with Crippen molar-refractivity contribution in [3.63, 3.8) is 0 Å². The number of amides is 2. The van der Waals surface area contributed by atoms with Gasteiger partial charge in [0.15, 0.2) is 5.13 Å². The van der Waals surface area contributed by atoms with Crippen molar-refractivity contribution in [2.45, 2.75) is 65.0 Å². The normalized spacial score (nSPS) is 14.4. The van der Waals surface area contributed by atoms with Crippen LogP contribution in [0, 0.1) is 5.92 Å². The highest BCUT2D eigenvalue weighted by Gasteiger charge is 2.29. The molecule has 0 radical (unpaired) electrons. The first kappa shape index (κ1) is 25.9. The van der Waals surface area contributed by atoms with Crippen LogP contribution in [0.5, 0.6) is 5.75 Å². The average molecular weight is 511 g/mol. The summed E-state index contributed by atoms with van der Waals surface area (Å²) in [5.41, 5.74) is 1.26. The molecule has 9 heteroatoms. The first-order valence-corrected chi connectivity index (χ1v) is 13.3. The number of nitrogens with zero attached hydrogens (tertiary/aromatic N) is 3. The molecule has 2 aromatic heterocycles. The van der Waals surface area contributed by atoms with E-state index in [0.717, 1.165) is 41.5 Å². The van der Waals surface area contributed by atoms with Gasteiger partial charge < -0.3 is 14.8 Å². The Bertz CT molecular complexity index is 1170. The molecule has 1 saturated carbocycles. The van der Waals surface area contributed by atoms with E-state index in [-0.39, 0.29) is 11.8 Å². The van der Waals surface area contributed by atoms with Crippen molar-refractivity contribution < 1.29 is 19.1 Å². The summed E-state index contributed by atoms with van der Waals surface area (Å²) in [7, 11) is 0. The van der Waals surface area contributed by atoms with Crippen molar-refractivity contribution >= 4 is 38.7 Å². The highest BCUT2D eigenvalue weighted by Crippen LogP contribution is 2.35. The van der Waals surface area contributed by atoms with Crippen molar-refractivity contribution in [3.05, 3.63) is 48.3 Å². The van der Waals surface area contributed by atoms with Crippen LogP contribution in [-0.4, -0.2) is 40.7 Å². The molecule has 1 aliphatic rings. The minimum Gasteiger partial charge on any atom is -0.492 e. The van der Waals surface area contributed by atoms with Crippen molar-refractivity contribution in [1.82, 2.24) is 15.3 Å². The second-order valence-electron chi connectivity index (χ2n) is 10.0. The summed E-state index contributed by atoms with van der Waals surface area (Å²) >= 11 is 1.49. The van der Waals surface area contributed by atoms with Crippen LogP contribution in [-0.2, 0) is 16.1 Å². The molecule has 1 N–H and O–H groups in total. The van der Waals surface area contributed by atoms with Gasteiger partial charge in [-0.3, -0.25) is 14.7 Å².